The summed E-state index contributed by atoms with van der Waals surface area (Å²) in [6.07, 6.45) is 1.93. The Morgan fingerprint density at radius 3 is 2.84 bits per heavy atom. The zero-order valence-electron chi connectivity index (χ0n) is 13.9. The molecule has 0 saturated heterocycles. The minimum absolute atomic E-state index is 0.00484. The van der Waals surface area contributed by atoms with E-state index in [9.17, 15) is 4.79 Å². The Kier molecular flexibility index (Phi) is 6.25. The summed E-state index contributed by atoms with van der Waals surface area (Å²) in [6.45, 7) is 2.12. The van der Waals surface area contributed by atoms with Gasteiger partial charge in [0.25, 0.3) is 0 Å². The lowest BCUT2D eigenvalue weighted by molar-refractivity contribution is -0.119. The molecule has 5 nitrogen and oxygen atoms in total. The SMILES string of the molecule is CCCC(NC(=O)CSc1n[nH]c(-c2cccs2)n1)c1ccccc1. The summed E-state index contributed by atoms with van der Waals surface area (Å²) in [5.74, 6) is 1.04. The van der Waals surface area contributed by atoms with Crippen LogP contribution in [0.25, 0.3) is 10.7 Å². The predicted octanol–water partition coefficient (Wildman–Crippen LogP) is 4.28. The Bertz CT molecular complexity index is 787. The number of carbonyl (C=O) groups excluding carboxylic acids is 1. The maximum Gasteiger partial charge on any atom is 0.230 e. The Morgan fingerprint density at radius 1 is 1.28 bits per heavy atom. The van der Waals surface area contributed by atoms with Crippen molar-refractivity contribution in [2.45, 2.75) is 31.0 Å². The van der Waals surface area contributed by atoms with Gasteiger partial charge in [0.1, 0.15) is 0 Å². The van der Waals surface area contributed by atoms with E-state index in [1.54, 1.807) is 11.3 Å². The van der Waals surface area contributed by atoms with Gasteiger partial charge >= 0.3 is 0 Å². The molecule has 2 heterocycles. The van der Waals surface area contributed by atoms with E-state index in [1.807, 2.05) is 35.7 Å². The maximum atomic E-state index is 12.3. The molecule has 1 atom stereocenters. The minimum Gasteiger partial charge on any atom is -0.349 e. The van der Waals surface area contributed by atoms with Crippen LogP contribution in [0.1, 0.15) is 31.4 Å². The van der Waals surface area contributed by atoms with Crippen molar-refractivity contribution in [3.63, 3.8) is 0 Å². The van der Waals surface area contributed by atoms with E-state index in [0.29, 0.717) is 10.9 Å². The predicted molar refractivity (Wildman–Crippen MR) is 103 cm³/mol. The van der Waals surface area contributed by atoms with Crippen LogP contribution in [0.5, 0.6) is 0 Å². The van der Waals surface area contributed by atoms with E-state index in [0.717, 1.165) is 29.1 Å². The van der Waals surface area contributed by atoms with Crippen molar-refractivity contribution >= 4 is 29.0 Å². The number of rotatable bonds is 8. The topological polar surface area (TPSA) is 70.7 Å². The minimum atomic E-state index is -0.00484. The lowest BCUT2D eigenvalue weighted by Gasteiger charge is -2.18. The van der Waals surface area contributed by atoms with Crippen LogP contribution in [0.15, 0.2) is 53.0 Å². The van der Waals surface area contributed by atoms with Crippen LogP contribution in [0, 0.1) is 0 Å². The summed E-state index contributed by atoms with van der Waals surface area (Å²) in [6, 6.07) is 14.1. The second-order valence-electron chi connectivity index (χ2n) is 5.55. The highest BCUT2D eigenvalue weighted by Gasteiger charge is 2.15. The standard InChI is InChI=1S/C18H20N4OS2/c1-2-7-14(13-8-4-3-5-9-13)19-16(23)12-25-18-20-17(21-22-18)15-10-6-11-24-15/h3-6,8-11,14H,2,7,12H2,1H3,(H,19,23)(H,20,21,22). The van der Waals surface area contributed by atoms with E-state index in [-0.39, 0.29) is 11.9 Å². The van der Waals surface area contributed by atoms with Gasteiger partial charge in [-0.3, -0.25) is 9.89 Å². The summed E-state index contributed by atoms with van der Waals surface area (Å²) < 4.78 is 0. The summed E-state index contributed by atoms with van der Waals surface area (Å²) in [4.78, 5) is 17.8. The number of aromatic nitrogens is 3. The molecule has 0 aliphatic heterocycles. The number of thiophene rings is 1. The van der Waals surface area contributed by atoms with Crippen molar-refractivity contribution in [1.82, 2.24) is 20.5 Å². The first kappa shape index (κ1) is 17.7. The molecule has 0 saturated carbocycles. The highest BCUT2D eigenvalue weighted by Crippen LogP contribution is 2.23. The Balaban J connectivity index is 1.55. The zero-order chi connectivity index (χ0) is 17.5. The van der Waals surface area contributed by atoms with Crippen LogP contribution < -0.4 is 5.32 Å². The third kappa shape index (κ3) is 4.93. The van der Waals surface area contributed by atoms with Crippen LogP contribution in [0.2, 0.25) is 0 Å². The second kappa shape index (κ2) is 8.82. The average Bonchev–Trinajstić information content (AvgIpc) is 3.32. The van der Waals surface area contributed by atoms with Crippen LogP contribution in [-0.2, 0) is 4.79 Å². The summed E-state index contributed by atoms with van der Waals surface area (Å²) in [7, 11) is 0. The highest BCUT2D eigenvalue weighted by molar-refractivity contribution is 7.99. The number of hydrogen-bond donors (Lipinski definition) is 2. The second-order valence-corrected chi connectivity index (χ2v) is 7.44. The van der Waals surface area contributed by atoms with Gasteiger partial charge in [0.15, 0.2) is 5.82 Å². The normalized spacial score (nSPS) is 12.0. The lowest BCUT2D eigenvalue weighted by Crippen LogP contribution is -2.29. The van der Waals surface area contributed by atoms with Crippen LogP contribution in [-0.4, -0.2) is 26.8 Å². The van der Waals surface area contributed by atoms with E-state index in [1.165, 1.54) is 11.8 Å². The first-order valence-corrected chi connectivity index (χ1v) is 10.1. The molecule has 0 fully saturated rings. The van der Waals surface area contributed by atoms with Gasteiger partial charge in [-0.15, -0.1) is 16.4 Å². The number of nitrogens with one attached hydrogen (secondary N) is 2. The number of aromatic amines is 1. The molecule has 0 spiro atoms. The molecular formula is C18H20N4OS2. The molecule has 25 heavy (non-hydrogen) atoms. The molecule has 0 aliphatic rings. The van der Waals surface area contributed by atoms with Crippen LogP contribution in [0.4, 0.5) is 0 Å². The molecular weight excluding hydrogens is 352 g/mol. The molecule has 3 rings (SSSR count). The number of nitrogens with zero attached hydrogens (tertiary/aromatic N) is 2. The Labute approximate surface area is 155 Å². The molecule has 1 unspecified atom stereocenters. The maximum absolute atomic E-state index is 12.3. The van der Waals surface area contributed by atoms with Gasteiger partial charge < -0.3 is 5.32 Å². The molecule has 2 aromatic heterocycles. The largest absolute Gasteiger partial charge is 0.349 e. The van der Waals surface area contributed by atoms with E-state index in [4.69, 9.17) is 0 Å². The molecule has 3 aromatic rings. The van der Waals surface area contributed by atoms with Crippen molar-refractivity contribution < 1.29 is 4.79 Å². The number of H-pyrrole nitrogens is 1. The van der Waals surface area contributed by atoms with E-state index < -0.39 is 0 Å². The van der Waals surface area contributed by atoms with Crippen LogP contribution in [0.3, 0.4) is 0 Å². The fraction of sp³-hybridized carbons (Fsp3) is 0.278. The third-order valence-corrected chi connectivity index (χ3v) is 5.39. The van der Waals surface area contributed by atoms with Gasteiger partial charge in [-0.05, 0) is 23.4 Å². The first-order chi connectivity index (χ1) is 12.3. The zero-order valence-corrected chi connectivity index (χ0v) is 15.6. The number of benzene rings is 1. The molecule has 0 bridgehead atoms. The van der Waals surface area contributed by atoms with Crippen LogP contribution >= 0.6 is 23.1 Å². The quantitative estimate of drug-likeness (QED) is 0.579. The number of thioether (sulfide) groups is 1. The van der Waals surface area contributed by atoms with Crippen molar-refractivity contribution in [2.24, 2.45) is 0 Å². The van der Waals surface area contributed by atoms with E-state index in [2.05, 4.69) is 39.6 Å². The highest BCUT2D eigenvalue weighted by atomic mass is 32.2. The van der Waals surface area contributed by atoms with Gasteiger partial charge in [-0.2, -0.15) is 0 Å². The van der Waals surface area contributed by atoms with Crippen molar-refractivity contribution in [3.8, 4) is 10.7 Å². The summed E-state index contributed by atoms with van der Waals surface area (Å²) in [5, 5.41) is 12.8. The van der Waals surface area contributed by atoms with E-state index >= 15 is 0 Å². The molecule has 1 amide bonds. The molecule has 2 N–H and O–H groups in total. The Morgan fingerprint density at radius 2 is 2.12 bits per heavy atom. The number of hydrogen-bond acceptors (Lipinski definition) is 5. The van der Waals surface area contributed by atoms with Crippen molar-refractivity contribution in [2.75, 3.05) is 5.75 Å². The van der Waals surface area contributed by atoms with Crippen molar-refractivity contribution in [3.05, 3.63) is 53.4 Å². The monoisotopic (exact) mass is 372 g/mol. The van der Waals surface area contributed by atoms with Crippen molar-refractivity contribution in [1.29, 1.82) is 0 Å². The first-order valence-electron chi connectivity index (χ1n) is 8.19. The number of carbonyl (C=O) groups is 1. The Hall–Kier alpha value is -2.12. The molecule has 1 aromatic carbocycles. The van der Waals surface area contributed by atoms with Gasteiger partial charge in [0.05, 0.1) is 16.7 Å². The van der Waals surface area contributed by atoms with Gasteiger partial charge in [0, 0.05) is 0 Å². The summed E-state index contributed by atoms with van der Waals surface area (Å²) >= 11 is 2.94. The fourth-order valence-corrected chi connectivity index (χ4v) is 3.77. The summed E-state index contributed by atoms with van der Waals surface area (Å²) in [5.41, 5.74) is 1.14. The number of amides is 1. The fourth-order valence-electron chi connectivity index (χ4n) is 2.50. The lowest BCUT2D eigenvalue weighted by atomic mass is 10.0. The molecule has 0 radical (unpaired) electrons. The van der Waals surface area contributed by atoms with Gasteiger partial charge in [-0.25, -0.2) is 4.98 Å². The molecule has 0 aliphatic carbocycles. The van der Waals surface area contributed by atoms with Gasteiger partial charge in [0.2, 0.25) is 11.1 Å². The third-order valence-electron chi connectivity index (χ3n) is 3.67. The molecule has 130 valence electrons. The molecule has 7 heteroatoms. The average molecular weight is 373 g/mol. The van der Waals surface area contributed by atoms with Gasteiger partial charge in [-0.1, -0.05) is 61.5 Å². The smallest absolute Gasteiger partial charge is 0.230 e.